The van der Waals surface area contributed by atoms with Crippen LogP contribution < -0.4 is 0 Å². The lowest BCUT2D eigenvalue weighted by molar-refractivity contribution is -0.138. The number of carboxylic acid groups (broad SMARTS) is 1. The first kappa shape index (κ1) is 16.3. The molecule has 0 aromatic heterocycles. The summed E-state index contributed by atoms with van der Waals surface area (Å²) in [4.78, 5) is 27.1. The molecule has 5 nitrogen and oxygen atoms in total. The first-order valence-corrected chi connectivity index (χ1v) is 8.37. The quantitative estimate of drug-likeness (QED) is 0.788. The molecule has 0 unspecified atom stereocenters. The molecule has 1 amide bonds. The van der Waals surface area contributed by atoms with E-state index >= 15 is 0 Å². The summed E-state index contributed by atoms with van der Waals surface area (Å²) < 4.78 is 0. The van der Waals surface area contributed by atoms with Crippen LogP contribution in [0.25, 0.3) is 0 Å². The van der Waals surface area contributed by atoms with Gasteiger partial charge in [0.2, 0.25) is 5.91 Å². The van der Waals surface area contributed by atoms with Crippen LogP contribution in [0.5, 0.6) is 0 Å². The average Bonchev–Trinajstić information content (AvgIpc) is 2.74. The molecular formula is C16H28N2O3. The van der Waals surface area contributed by atoms with Gasteiger partial charge in [-0.1, -0.05) is 25.7 Å². The third kappa shape index (κ3) is 5.65. The van der Waals surface area contributed by atoms with E-state index in [0.29, 0.717) is 18.4 Å². The maximum atomic E-state index is 12.4. The Kier molecular flexibility index (Phi) is 6.49. The number of hydrogen-bond acceptors (Lipinski definition) is 3. The minimum absolute atomic E-state index is 0.190. The number of amides is 1. The molecular weight excluding hydrogens is 268 g/mol. The molecule has 1 saturated carbocycles. The molecule has 0 spiro atoms. The molecule has 0 radical (unpaired) electrons. The summed E-state index contributed by atoms with van der Waals surface area (Å²) in [5, 5.41) is 8.70. The molecule has 5 heteroatoms. The number of hydrogen-bond donors (Lipinski definition) is 1. The van der Waals surface area contributed by atoms with Crippen molar-refractivity contribution in [2.24, 2.45) is 5.92 Å². The molecule has 1 N–H and O–H groups in total. The molecule has 2 aliphatic rings. The number of carbonyl (C=O) groups excluding carboxylic acids is 1. The summed E-state index contributed by atoms with van der Waals surface area (Å²) in [6.45, 7) is 3.73. The molecule has 0 aromatic rings. The number of carbonyl (C=O) groups is 2. The van der Waals surface area contributed by atoms with Gasteiger partial charge >= 0.3 is 5.97 Å². The summed E-state index contributed by atoms with van der Waals surface area (Å²) in [6, 6.07) is 0. The minimum atomic E-state index is -0.748. The highest BCUT2D eigenvalue weighted by atomic mass is 16.4. The topological polar surface area (TPSA) is 60.9 Å². The van der Waals surface area contributed by atoms with E-state index in [9.17, 15) is 9.59 Å². The first-order chi connectivity index (χ1) is 10.1. The van der Waals surface area contributed by atoms with Gasteiger partial charge in [0.15, 0.2) is 0 Å². The van der Waals surface area contributed by atoms with Crippen LogP contribution in [0.3, 0.4) is 0 Å². The van der Waals surface area contributed by atoms with Crippen LogP contribution in [0.1, 0.15) is 51.4 Å². The van der Waals surface area contributed by atoms with E-state index in [1.165, 1.54) is 38.5 Å². The van der Waals surface area contributed by atoms with E-state index in [1.54, 1.807) is 0 Å². The molecule has 21 heavy (non-hydrogen) atoms. The van der Waals surface area contributed by atoms with E-state index in [2.05, 4.69) is 4.90 Å². The minimum Gasteiger partial charge on any atom is -0.481 e. The largest absolute Gasteiger partial charge is 0.481 e. The van der Waals surface area contributed by atoms with Crippen LogP contribution in [0.15, 0.2) is 0 Å². The Labute approximate surface area is 127 Å². The Balaban J connectivity index is 1.68. The molecule has 1 aliphatic carbocycles. The zero-order valence-electron chi connectivity index (χ0n) is 12.9. The van der Waals surface area contributed by atoms with Crippen LogP contribution in [0.4, 0.5) is 0 Å². The molecule has 2 fully saturated rings. The van der Waals surface area contributed by atoms with E-state index < -0.39 is 5.97 Å². The summed E-state index contributed by atoms with van der Waals surface area (Å²) >= 11 is 0. The first-order valence-electron chi connectivity index (χ1n) is 8.37. The lowest BCUT2D eigenvalue weighted by atomic mass is 9.96. The Morgan fingerprint density at radius 2 is 1.57 bits per heavy atom. The fourth-order valence-electron chi connectivity index (χ4n) is 3.42. The van der Waals surface area contributed by atoms with Crippen molar-refractivity contribution in [3.05, 3.63) is 0 Å². The molecule has 120 valence electrons. The van der Waals surface area contributed by atoms with Gasteiger partial charge in [-0.05, 0) is 18.8 Å². The van der Waals surface area contributed by atoms with Crippen LogP contribution >= 0.6 is 0 Å². The zero-order valence-corrected chi connectivity index (χ0v) is 12.9. The van der Waals surface area contributed by atoms with Crippen LogP contribution in [-0.2, 0) is 9.59 Å². The fourth-order valence-corrected chi connectivity index (χ4v) is 3.42. The number of carboxylic acids is 1. The third-order valence-electron chi connectivity index (χ3n) is 4.80. The second-order valence-electron chi connectivity index (χ2n) is 6.43. The molecule has 0 bridgehead atoms. The summed E-state index contributed by atoms with van der Waals surface area (Å²) in [5.41, 5.74) is 0. The van der Waals surface area contributed by atoms with Gasteiger partial charge in [-0.2, -0.15) is 0 Å². The molecule has 2 rings (SSSR count). The Morgan fingerprint density at radius 3 is 2.14 bits per heavy atom. The van der Waals surface area contributed by atoms with Crippen LogP contribution in [-0.4, -0.2) is 59.5 Å². The van der Waals surface area contributed by atoms with Gasteiger partial charge in [0, 0.05) is 39.1 Å². The SMILES string of the molecule is O=C(O)CCN1CCN(C(=O)CC2CCCCCC2)CC1. The predicted octanol–water partition coefficient (Wildman–Crippen LogP) is 1.97. The average molecular weight is 296 g/mol. The summed E-state index contributed by atoms with van der Waals surface area (Å²) in [6.07, 6.45) is 8.54. The molecule has 1 saturated heterocycles. The second kappa shape index (κ2) is 8.37. The van der Waals surface area contributed by atoms with Crippen LogP contribution in [0.2, 0.25) is 0 Å². The zero-order chi connectivity index (χ0) is 15.1. The van der Waals surface area contributed by atoms with Crippen molar-refractivity contribution in [1.29, 1.82) is 0 Å². The Hall–Kier alpha value is -1.10. The highest BCUT2D eigenvalue weighted by molar-refractivity contribution is 5.76. The van der Waals surface area contributed by atoms with Crippen molar-refractivity contribution in [1.82, 2.24) is 9.80 Å². The molecule has 0 atom stereocenters. The predicted molar refractivity (Wildman–Crippen MR) is 81.1 cm³/mol. The van der Waals surface area contributed by atoms with Gasteiger partial charge < -0.3 is 10.0 Å². The van der Waals surface area contributed by atoms with Gasteiger partial charge in [-0.15, -0.1) is 0 Å². The van der Waals surface area contributed by atoms with E-state index in [0.717, 1.165) is 32.6 Å². The van der Waals surface area contributed by atoms with Crippen molar-refractivity contribution in [2.45, 2.75) is 51.4 Å². The van der Waals surface area contributed by atoms with Gasteiger partial charge in [0.1, 0.15) is 0 Å². The third-order valence-corrected chi connectivity index (χ3v) is 4.80. The van der Waals surface area contributed by atoms with Crippen molar-refractivity contribution in [3.63, 3.8) is 0 Å². The fraction of sp³-hybridized carbons (Fsp3) is 0.875. The maximum absolute atomic E-state index is 12.4. The van der Waals surface area contributed by atoms with Crippen molar-refractivity contribution in [3.8, 4) is 0 Å². The van der Waals surface area contributed by atoms with Crippen LogP contribution in [0, 0.1) is 5.92 Å². The number of rotatable bonds is 5. The summed E-state index contributed by atoms with van der Waals surface area (Å²) in [7, 11) is 0. The Morgan fingerprint density at radius 1 is 0.952 bits per heavy atom. The standard InChI is InChI=1S/C16H28N2O3/c19-15(13-14-5-3-1-2-4-6-14)18-11-9-17(10-12-18)8-7-16(20)21/h14H,1-13H2,(H,20,21). The highest BCUT2D eigenvalue weighted by Crippen LogP contribution is 2.26. The van der Waals surface area contributed by atoms with Crippen molar-refractivity contribution < 1.29 is 14.7 Å². The Bertz CT molecular complexity index is 343. The smallest absolute Gasteiger partial charge is 0.304 e. The van der Waals surface area contributed by atoms with Gasteiger partial charge in [-0.25, -0.2) is 0 Å². The van der Waals surface area contributed by atoms with Crippen molar-refractivity contribution in [2.75, 3.05) is 32.7 Å². The number of piperazine rings is 1. The van der Waals surface area contributed by atoms with Gasteiger partial charge in [0.25, 0.3) is 0 Å². The maximum Gasteiger partial charge on any atom is 0.304 e. The van der Waals surface area contributed by atoms with Gasteiger partial charge in [0.05, 0.1) is 6.42 Å². The van der Waals surface area contributed by atoms with E-state index in [4.69, 9.17) is 5.11 Å². The molecule has 1 aliphatic heterocycles. The van der Waals surface area contributed by atoms with E-state index in [1.807, 2.05) is 4.90 Å². The summed E-state index contributed by atoms with van der Waals surface area (Å²) in [5.74, 6) is 0.145. The highest BCUT2D eigenvalue weighted by Gasteiger charge is 2.24. The number of aliphatic carboxylic acids is 1. The van der Waals surface area contributed by atoms with Crippen molar-refractivity contribution >= 4 is 11.9 Å². The number of nitrogens with zero attached hydrogens (tertiary/aromatic N) is 2. The van der Waals surface area contributed by atoms with E-state index in [-0.39, 0.29) is 6.42 Å². The lowest BCUT2D eigenvalue weighted by Gasteiger charge is -2.35. The second-order valence-corrected chi connectivity index (χ2v) is 6.43. The normalized spacial score (nSPS) is 22.0. The lowest BCUT2D eigenvalue weighted by Crippen LogP contribution is -2.49. The monoisotopic (exact) mass is 296 g/mol. The molecule has 1 heterocycles. The molecule has 0 aromatic carbocycles. The van der Waals surface area contributed by atoms with Gasteiger partial charge in [-0.3, -0.25) is 14.5 Å².